The molecule has 0 spiro atoms. The molecule has 1 atom stereocenters. The molecule has 0 saturated carbocycles. The summed E-state index contributed by atoms with van der Waals surface area (Å²) in [6.45, 7) is 6.52. The summed E-state index contributed by atoms with van der Waals surface area (Å²) in [5.41, 5.74) is 0.920. The molecule has 0 aliphatic carbocycles. The van der Waals surface area contributed by atoms with E-state index >= 15 is 0 Å². The lowest BCUT2D eigenvalue weighted by molar-refractivity contribution is 0.0256. The summed E-state index contributed by atoms with van der Waals surface area (Å²) in [6.07, 6.45) is 8.29. The van der Waals surface area contributed by atoms with Gasteiger partial charge in [0.25, 0.3) is 0 Å². The van der Waals surface area contributed by atoms with Gasteiger partial charge in [0.15, 0.2) is 0 Å². The van der Waals surface area contributed by atoms with E-state index < -0.39 is 5.60 Å². The topological polar surface area (TPSA) is 29.5 Å². The number of allylic oxidation sites excluding steroid dienone is 1. The van der Waals surface area contributed by atoms with Crippen molar-refractivity contribution in [2.75, 3.05) is 6.54 Å². The van der Waals surface area contributed by atoms with Crippen LogP contribution in [0.4, 0.5) is 4.79 Å². The summed E-state index contributed by atoms with van der Waals surface area (Å²) in [4.78, 5) is 14.0. The van der Waals surface area contributed by atoms with E-state index in [0.29, 0.717) is 0 Å². The number of rotatable bonds is 4. The molecule has 120 valence electrons. The molecule has 1 amide bonds. The molecule has 0 radical (unpaired) electrons. The van der Waals surface area contributed by atoms with Crippen molar-refractivity contribution in [3.05, 3.63) is 48.0 Å². The Kier molecular flexibility index (Phi) is 5.64. The van der Waals surface area contributed by atoms with Crippen molar-refractivity contribution < 1.29 is 9.53 Å². The van der Waals surface area contributed by atoms with Crippen LogP contribution < -0.4 is 0 Å². The van der Waals surface area contributed by atoms with Crippen molar-refractivity contribution in [3.8, 4) is 0 Å². The average Bonchev–Trinajstić information content (AvgIpc) is 2.91. The van der Waals surface area contributed by atoms with Gasteiger partial charge in [-0.15, -0.1) is 0 Å². The second-order valence-corrected chi connectivity index (χ2v) is 6.84. The van der Waals surface area contributed by atoms with Gasteiger partial charge in [0.05, 0.1) is 6.04 Å². The van der Waals surface area contributed by atoms with Gasteiger partial charge in [0.2, 0.25) is 0 Å². The van der Waals surface area contributed by atoms with Crippen molar-refractivity contribution in [2.45, 2.75) is 58.1 Å². The van der Waals surface area contributed by atoms with E-state index in [1.54, 1.807) is 0 Å². The van der Waals surface area contributed by atoms with Crippen LogP contribution in [0.1, 0.15) is 45.6 Å². The molecule has 1 aromatic carbocycles. The quantitative estimate of drug-likeness (QED) is 0.762. The number of ether oxygens (including phenoxy) is 1. The Morgan fingerprint density at radius 3 is 2.73 bits per heavy atom. The minimum Gasteiger partial charge on any atom is -0.444 e. The highest BCUT2D eigenvalue weighted by molar-refractivity contribution is 5.69. The smallest absolute Gasteiger partial charge is 0.410 e. The Hall–Kier alpha value is -1.77. The fourth-order valence-electron chi connectivity index (χ4n) is 2.69. The summed E-state index contributed by atoms with van der Waals surface area (Å²) in [5.74, 6) is 0. The molecule has 22 heavy (non-hydrogen) atoms. The van der Waals surface area contributed by atoms with Crippen LogP contribution in [-0.2, 0) is 11.2 Å². The van der Waals surface area contributed by atoms with E-state index in [0.717, 1.165) is 32.2 Å². The van der Waals surface area contributed by atoms with E-state index in [1.165, 1.54) is 5.56 Å². The van der Waals surface area contributed by atoms with E-state index in [-0.39, 0.29) is 12.1 Å². The van der Waals surface area contributed by atoms with Crippen molar-refractivity contribution in [1.82, 2.24) is 4.90 Å². The second kappa shape index (κ2) is 7.48. The lowest BCUT2D eigenvalue weighted by atomic mass is 10.1. The lowest BCUT2D eigenvalue weighted by Crippen LogP contribution is -2.39. The Morgan fingerprint density at radius 2 is 2.05 bits per heavy atom. The van der Waals surface area contributed by atoms with Gasteiger partial charge in [-0.1, -0.05) is 42.5 Å². The first kappa shape index (κ1) is 16.6. The van der Waals surface area contributed by atoms with E-state index in [1.807, 2.05) is 31.7 Å². The predicted molar refractivity (Wildman–Crippen MR) is 89.9 cm³/mol. The zero-order chi connectivity index (χ0) is 16.0. The minimum absolute atomic E-state index is 0.186. The third-order valence-corrected chi connectivity index (χ3v) is 3.73. The molecule has 0 N–H and O–H groups in total. The van der Waals surface area contributed by atoms with Crippen LogP contribution in [0.2, 0.25) is 0 Å². The van der Waals surface area contributed by atoms with Crippen molar-refractivity contribution in [1.29, 1.82) is 0 Å². The summed E-state index contributed by atoms with van der Waals surface area (Å²) >= 11 is 0. The number of amides is 1. The van der Waals surface area contributed by atoms with Crippen LogP contribution in [0.3, 0.4) is 0 Å². The first-order chi connectivity index (χ1) is 10.5. The number of hydrogen-bond acceptors (Lipinski definition) is 2. The van der Waals surface area contributed by atoms with Gasteiger partial charge >= 0.3 is 6.09 Å². The summed E-state index contributed by atoms with van der Waals surface area (Å²) in [6, 6.07) is 10.7. The van der Waals surface area contributed by atoms with Crippen LogP contribution in [-0.4, -0.2) is 29.2 Å². The predicted octanol–water partition coefficient (Wildman–Crippen LogP) is 4.57. The Labute approximate surface area is 134 Å². The number of carbonyl (C=O) groups excluding carboxylic acids is 1. The van der Waals surface area contributed by atoms with E-state index in [9.17, 15) is 4.79 Å². The molecule has 0 bridgehead atoms. The molecule has 0 aromatic heterocycles. The SMILES string of the molecule is CC(C)(C)OC(=O)N1CCCC1/C=C/CCc1ccccc1. The van der Waals surface area contributed by atoms with Crippen LogP contribution in [0, 0.1) is 0 Å². The maximum absolute atomic E-state index is 12.2. The highest BCUT2D eigenvalue weighted by Crippen LogP contribution is 2.21. The molecule has 1 heterocycles. The van der Waals surface area contributed by atoms with Gasteiger partial charge in [0, 0.05) is 6.54 Å². The zero-order valence-electron chi connectivity index (χ0n) is 13.9. The van der Waals surface area contributed by atoms with Crippen molar-refractivity contribution in [3.63, 3.8) is 0 Å². The van der Waals surface area contributed by atoms with Gasteiger partial charge in [0.1, 0.15) is 5.60 Å². The van der Waals surface area contributed by atoms with Gasteiger partial charge in [-0.2, -0.15) is 0 Å². The van der Waals surface area contributed by atoms with Crippen molar-refractivity contribution >= 4 is 6.09 Å². The first-order valence-corrected chi connectivity index (χ1v) is 8.16. The lowest BCUT2D eigenvalue weighted by Gasteiger charge is -2.27. The summed E-state index contributed by atoms with van der Waals surface area (Å²) in [5, 5.41) is 0. The molecule has 1 unspecified atom stereocenters. The Balaban J connectivity index is 1.83. The van der Waals surface area contributed by atoms with E-state index in [2.05, 4.69) is 36.4 Å². The van der Waals surface area contributed by atoms with Gasteiger partial charge < -0.3 is 9.64 Å². The van der Waals surface area contributed by atoms with Gasteiger partial charge in [-0.05, 0) is 52.0 Å². The third kappa shape index (κ3) is 5.21. The highest BCUT2D eigenvalue weighted by atomic mass is 16.6. The monoisotopic (exact) mass is 301 g/mol. The molecular formula is C19H27NO2. The second-order valence-electron chi connectivity index (χ2n) is 6.84. The largest absolute Gasteiger partial charge is 0.444 e. The minimum atomic E-state index is -0.429. The van der Waals surface area contributed by atoms with E-state index in [4.69, 9.17) is 4.74 Å². The number of aryl methyl sites for hydroxylation is 1. The van der Waals surface area contributed by atoms with Crippen LogP contribution in [0.15, 0.2) is 42.5 Å². The Morgan fingerprint density at radius 1 is 1.32 bits per heavy atom. The molecule has 2 rings (SSSR count). The highest BCUT2D eigenvalue weighted by Gasteiger charge is 2.30. The maximum atomic E-state index is 12.2. The number of likely N-dealkylation sites (tertiary alicyclic amines) is 1. The molecule has 1 aliphatic rings. The average molecular weight is 301 g/mol. The fraction of sp³-hybridized carbons (Fsp3) is 0.526. The first-order valence-electron chi connectivity index (χ1n) is 8.16. The van der Waals surface area contributed by atoms with Crippen LogP contribution >= 0.6 is 0 Å². The number of nitrogens with zero attached hydrogens (tertiary/aromatic N) is 1. The van der Waals surface area contributed by atoms with Crippen LogP contribution in [0.25, 0.3) is 0 Å². The number of carbonyl (C=O) groups is 1. The fourth-order valence-corrected chi connectivity index (χ4v) is 2.69. The number of hydrogen-bond donors (Lipinski definition) is 0. The molecule has 3 heteroatoms. The zero-order valence-corrected chi connectivity index (χ0v) is 13.9. The summed E-state index contributed by atoms with van der Waals surface area (Å²) in [7, 11) is 0. The molecular weight excluding hydrogens is 274 g/mol. The maximum Gasteiger partial charge on any atom is 0.410 e. The number of benzene rings is 1. The van der Waals surface area contributed by atoms with Crippen molar-refractivity contribution in [2.24, 2.45) is 0 Å². The normalized spacial score (nSPS) is 18.9. The molecule has 1 saturated heterocycles. The summed E-state index contributed by atoms with van der Waals surface area (Å²) < 4.78 is 5.48. The standard InChI is InChI=1S/C19H27NO2/c1-19(2,3)22-18(21)20-15-9-14-17(20)13-8-7-12-16-10-5-4-6-11-16/h4-6,8,10-11,13,17H,7,9,12,14-15H2,1-3H3/b13-8+. The van der Waals surface area contributed by atoms with Gasteiger partial charge in [-0.25, -0.2) is 4.79 Å². The molecule has 3 nitrogen and oxygen atoms in total. The van der Waals surface area contributed by atoms with Crippen LogP contribution in [0.5, 0.6) is 0 Å². The molecule has 1 aliphatic heterocycles. The Bertz CT molecular complexity index is 502. The molecule has 1 aromatic rings. The third-order valence-electron chi connectivity index (χ3n) is 3.73. The van der Waals surface area contributed by atoms with Gasteiger partial charge in [-0.3, -0.25) is 0 Å². The molecule has 1 fully saturated rings.